The molecule has 0 amide bonds. The maximum absolute atomic E-state index is 12.7. The van der Waals surface area contributed by atoms with E-state index in [1.54, 1.807) is 10.9 Å². The van der Waals surface area contributed by atoms with Crippen molar-refractivity contribution in [2.45, 2.75) is 48.3 Å². The van der Waals surface area contributed by atoms with E-state index in [-0.39, 0.29) is 0 Å². The fourth-order valence-electron chi connectivity index (χ4n) is 5.08. The first kappa shape index (κ1) is 21.4. The van der Waals surface area contributed by atoms with Gasteiger partial charge in [0.1, 0.15) is 16.3 Å². The lowest BCUT2D eigenvalue weighted by molar-refractivity contribution is -0.164. The van der Waals surface area contributed by atoms with E-state index in [4.69, 9.17) is 9.72 Å². The molecular formula is C24H25N5O2S2. The summed E-state index contributed by atoms with van der Waals surface area (Å²) in [5.74, 6) is 0.330. The third-order valence-corrected chi connectivity index (χ3v) is 10.4. The molecule has 2 aliphatic carbocycles. The molecule has 0 aromatic carbocycles. The van der Waals surface area contributed by atoms with Crippen molar-refractivity contribution in [3.63, 3.8) is 0 Å². The van der Waals surface area contributed by atoms with Crippen molar-refractivity contribution in [3.8, 4) is 17.3 Å². The van der Waals surface area contributed by atoms with E-state index in [2.05, 4.69) is 28.3 Å². The van der Waals surface area contributed by atoms with Gasteiger partial charge >= 0.3 is 0 Å². The molecule has 2 saturated carbocycles. The minimum Gasteiger partial charge on any atom is -0.615 e. The van der Waals surface area contributed by atoms with Crippen LogP contribution < -0.4 is 0 Å². The lowest BCUT2D eigenvalue weighted by Gasteiger charge is -2.53. The second-order valence-corrected chi connectivity index (χ2v) is 12.7. The second kappa shape index (κ2) is 8.27. The minimum atomic E-state index is -0.892. The summed E-state index contributed by atoms with van der Waals surface area (Å²) >= 11 is 0.572. The number of thioether (sulfide) groups is 1. The topological polar surface area (TPSA) is 99.7 Å². The standard InChI is InChI=1S/C24H25N5O2S2/c1-29-11-16-5-15(10-26-22(16)28-29)21-6-19(17-7-24(8-17)12-31-13-24)20(9-25)23(27-21)32-14-33(30)18-3-2-4-18/h5-6,10-11,17-18H,2-4,7-8,12-14H2,1H3/t33-/m0/s1. The van der Waals surface area contributed by atoms with Crippen LogP contribution in [0.5, 0.6) is 0 Å². The first-order valence-electron chi connectivity index (χ1n) is 11.4. The number of hydrogen-bond donors (Lipinski definition) is 0. The van der Waals surface area contributed by atoms with Gasteiger partial charge in [0.2, 0.25) is 0 Å². The van der Waals surface area contributed by atoms with Gasteiger partial charge in [0.05, 0.1) is 24.5 Å². The van der Waals surface area contributed by atoms with Crippen LogP contribution in [0.2, 0.25) is 0 Å². The van der Waals surface area contributed by atoms with Crippen molar-refractivity contribution < 1.29 is 9.29 Å². The molecule has 3 aliphatic rings. The van der Waals surface area contributed by atoms with Crippen LogP contribution in [0.3, 0.4) is 0 Å². The zero-order valence-corrected chi connectivity index (χ0v) is 20.1. The van der Waals surface area contributed by atoms with Crippen molar-refractivity contribution in [2.75, 3.05) is 18.3 Å². The van der Waals surface area contributed by atoms with Crippen molar-refractivity contribution >= 4 is 34.0 Å². The Morgan fingerprint density at radius 1 is 1.33 bits per heavy atom. The molecule has 1 saturated heterocycles. The molecule has 0 N–H and O–H groups in total. The lowest BCUT2D eigenvalue weighted by Crippen LogP contribution is -2.51. The van der Waals surface area contributed by atoms with Crippen LogP contribution >= 0.6 is 11.8 Å². The highest BCUT2D eigenvalue weighted by Crippen LogP contribution is 2.56. The number of aryl methyl sites for hydroxylation is 1. The number of hydrogen-bond acceptors (Lipinski definition) is 7. The van der Waals surface area contributed by atoms with Crippen LogP contribution in [0, 0.1) is 16.7 Å². The summed E-state index contributed by atoms with van der Waals surface area (Å²) in [6.45, 7) is 1.65. The summed E-state index contributed by atoms with van der Waals surface area (Å²) in [6.07, 6.45) is 9.09. The molecular weight excluding hydrogens is 454 g/mol. The maximum atomic E-state index is 12.7. The highest BCUT2D eigenvalue weighted by molar-refractivity contribution is 8.12. The van der Waals surface area contributed by atoms with Gasteiger partial charge in [0.25, 0.3) is 0 Å². The van der Waals surface area contributed by atoms with Gasteiger partial charge in [-0.15, -0.1) is 0 Å². The van der Waals surface area contributed by atoms with Gasteiger partial charge in [0.15, 0.2) is 10.7 Å². The largest absolute Gasteiger partial charge is 0.615 e. The summed E-state index contributed by atoms with van der Waals surface area (Å²) in [4.78, 5) is 9.40. The summed E-state index contributed by atoms with van der Waals surface area (Å²) in [5.41, 5.74) is 4.42. The van der Waals surface area contributed by atoms with Gasteiger partial charge in [0, 0.05) is 35.8 Å². The van der Waals surface area contributed by atoms with Gasteiger partial charge in [-0.2, -0.15) is 10.4 Å². The number of aromatic nitrogens is 4. The predicted octanol–water partition coefficient (Wildman–Crippen LogP) is 4.15. The zero-order valence-electron chi connectivity index (χ0n) is 18.5. The normalized spacial score (nSPS) is 20.8. The number of nitrogens with zero attached hydrogens (tertiary/aromatic N) is 5. The molecule has 1 aliphatic heterocycles. The number of fused-ring (bicyclic) bond motifs is 1. The van der Waals surface area contributed by atoms with Crippen molar-refractivity contribution in [2.24, 2.45) is 12.5 Å². The number of pyridine rings is 2. The zero-order chi connectivity index (χ0) is 22.6. The third-order valence-electron chi connectivity index (χ3n) is 7.25. The highest BCUT2D eigenvalue weighted by atomic mass is 32.3. The molecule has 9 heteroatoms. The Bertz CT molecular complexity index is 1250. The Balaban J connectivity index is 1.37. The van der Waals surface area contributed by atoms with Crippen LogP contribution in [0.25, 0.3) is 22.3 Å². The van der Waals surface area contributed by atoms with Crippen LogP contribution in [0.4, 0.5) is 0 Å². The molecule has 0 radical (unpaired) electrons. The molecule has 7 nitrogen and oxygen atoms in total. The van der Waals surface area contributed by atoms with Crippen LogP contribution in [0.15, 0.2) is 29.6 Å². The first-order valence-corrected chi connectivity index (χ1v) is 13.7. The van der Waals surface area contributed by atoms with Gasteiger partial charge < -0.3 is 9.29 Å². The molecule has 3 aromatic heterocycles. The monoisotopic (exact) mass is 479 g/mol. The molecule has 33 heavy (non-hydrogen) atoms. The molecule has 170 valence electrons. The Hall–Kier alpha value is -2.12. The fourth-order valence-corrected chi connectivity index (χ4v) is 8.09. The van der Waals surface area contributed by atoms with E-state index in [0.717, 1.165) is 61.1 Å². The van der Waals surface area contributed by atoms with Crippen molar-refractivity contribution in [1.82, 2.24) is 19.7 Å². The Labute approximate surface area is 200 Å². The molecule has 3 aromatic rings. The van der Waals surface area contributed by atoms with E-state index < -0.39 is 11.2 Å². The van der Waals surface area contributed by atoms with Crippen LogP contribution in [-0.2, 0) is 23.0 Å². The lowest BCUT2D eigenvalue weighted by atomic mass is 9.58. The van der Waals surface area contributed by atoms with Gasteiger partial charge in [-0.25, -0.2) is 9.97 Å². The third kappa shape index (κ3) is 3.83. The summed E-state index contributed by atoms with van der Waals surface area (Å²) in [5, 5.41) is 16.9. The molecule has 3 fully saturated rings. The van der Waals surface area contributed by atoms with Crippen molar-refractivity contribution in [1.29, 1.82) is 5.26 Å². The molecule has 1 spiro atoms. The van der Waals surface area contributed by atoms with Crippen molar-refractivity contribution in [3.05, 3.63) is 35.7 Å². The second-order valence-electron chi connectivity index (χ2n) is 9.62. The van der Waals surface area contributed by atoms with E-state index in [1.165, 1.54) is 18.2 Å². The first-order chi connectivity index (χ1) is 16.0. The average molecular weight is 480 g/mol. The average Bonchev–Trinajstić information content (AvgIpc) is 3.07. The summed E-state index contributed by atoms with van der Waals surface area (Å²) < 4.78 is 19.9. The van der Waals surface area contributed by atoms with E-state index in [0.29, 0.717) is 37.9 Å². The minimum absolute atomic E-state index is 0.299. The quantitative estimate of drug-likeness (QED) is 0.387. The summed E-state index contributed by atoms with van der Waals surface area (Å²) in [7, 11) is 1.88. The molecule has 0 unspecified atom stereocenters. The molecule has 0 bridgehead atoms. The molecule has 1 atom stereocenters. The highest BCUT2D eigenvalue weighted by Gasteiger charge is 2.50. The number of rotatable bonds is 6. The van der Waals surface area contributed by atoms with Crippen LogP contribution in [-0.4, -0.2) is 47.8 Å². The molecule has 4 heterocycles. The Morgan fingerprint density at radius 3 is 2.82 bits per heavy atom. The number of nitriles is 1. The maximum Gasteiger partial charge on any atom is 0.181 e. The smallest absolute Gasteiger partial charge is 0.181 e. The van der Waals surface area contributed by atoms with E-state index in [9.17, 15) is 9.81 Å². The van der Waals surface area contributed by atoms with E-state index in [1.807, 2.05) is 13.2 Å². The van der Waals surface area contributed by atoms with Gasteiger partial charge in [-0.1, -0.05) is 11.8 Å². The van der Waals surface area contributed by atoms with Crippen LogP contribution in [0.1, 0.15) is 49.1 Å². The number of ether oxygens (including phenoxy) is 1. The van der Waals surface area contributed by atoms with Gasteiger partial charge in [-0.3, -0.25) is 4.68 Å². The summed E-state index contributed by atoms with van der Waals surface area (Å²) in [6, 6.07) is 6.55. The molecule has 6 rings (SSSR count). The Kier molecular flexibility index (Phi) is 5.37. The SMILES string of the molecule is Cn1cc2cc(-c3cc(C4CC5(COC5)C4)c(C#N)c(SC[S@+]([O-])C4CCC4)n3)cnc2n1. The fraction of sp³-hybridized carbons (Fsp3) is 0.500. The predicted molar refractivity (Wildman–Crippen MR) is 128 cm³/mol. The Morgan fingerprint density at radius 2 is 2.15 bits per heavy atom. The van der Waals surface area contributed by atoms with E-state index >= 15 is 0 Å². The van der Waals surface area contributed by atoms with Gasteiger partial charge in [-0.05, 0) is 66.9 Å².